The molecule has 0 radical (unpaired) electrons. The first-order valence-corrected chi connectivity index (χ1v) is 11.0. The van der Waals surface area contributed by atoms with E-state index in [0.29, 0.717) is 22.2 Å². The minimum Gasteiger partial charge on any atom is -0.459 e. The number of amides is 4. The molecule has 10 heteroatoms. The number of hydrogen-bond donors (Lipinski definition) is 4. The maximum absolute atomic E-state index is 12.9. The number of hydrazine groups is 1. The number of nitrogens with one attached hydrogen (secondary N) is 4. The molecule has 0 aliphatic carbocycles. The summed E-state index contributed by atoms with van der Waals surface area (Å²) in [5.74, 6) is -2.25. The highest BCUT2D eigenvalue weighted by Crippen LogP contribution is 2.25. The molecule has 4 amide bonds. The average molecular weight is 486 g/mol. The van der Waals surface area contributed by atoms with E-state index in [1.807, 2.05) is 43.3 Å². The molecule has 0 bridgehead atoms. The number of fused-ring (bicyclic) bond motifs is 1. The average Bonchev–Trinajstić information content (AvgIpc) is 3.44. The van der Waals surface area contributed by atoms with E-state index in [0.717, 1.165) is 11.1 Å². The molecule has 182 valence electrons. The Bertz CT molecular complexity index is 1410. The second-order valence-electron chi connectivity index (χ2n) is 7.88. The number of aryl methyl sites for hydroxylation is 1. The van der Waals surface area contributed by atoms with Crippen LogP contribution in [0.4, 0.5) is 0 Å². The van der Waals surface area contributed by atoms with Gasteiger partial charge in [0, 0.05) is 10.9 Å². The molecule has 0 unspecified atom stereocenters. The largest absolute Gasteiger partial charge is 0.459 e. The molecule has 2 heterocycles. The van der Waals surface area contributed by atoms with Gasteiger partial charge in [-0.05, 0) is 31.2 Å². The molecule has 0 fully saturated rings. The lowest BCUT2D eigenvalue weighted by molar-refractivity contribution is -0.125. The van der Waals surface area contributed by atoms with E-state index in [9.17, 15) is 19.2 Å². The van der Waals surface area contributed by atoms with Crippen LogP contribution in [0.25, 0.3) is 22.2 Å². The van der Waals surface area contributed by atoms with Gasteiger partial charge in [0.15, 0.2) is 5.76 Å². The number of carbonyl (C=O) groups excluding carboxylic acids is 4. The second-order valence-corrected chi connectivity index (χ2v) is 7.88. The quantitative estimate of drug-likeness (QED) is 0.295. The number of rotatable bonds is 7. The molecular formula is C26H23N5O5. The summed E-state index contributed by atoms with van der Waals surface area (Å²) in [5, 5.41) is 5.35. The minimum absolute atomic E-state index is 0.0671. The van der Waals surface area contributed by atoms with E-state index >= 15 is 0 Å². The normalized spacial score (nSPS) is 10.5. The molecule has 0 atom stereocenters. The summed E-state index contributed by atoms with van der Waals surface area (Å²) >= 11 is 0. The van der Waals surface area contributed by atoms with E-state index < -0.39 is 30.2 Å². The summed E-state index contributed by atoms with van der Waals surface area (Å²) in [4.78, 5) is 53.4. The Morgan fingerprint density at radius 1 is 0.806 bits per heavy atom. The van der Waals surface area contributed by atoms with E-state index in [-0.39, 0.29) is 12.3 Å². The molecule has 2 aromatic heterocycles. The Labute approximate surface area is 206 Å². The third kappa shape index (κ3) is 5.92. The summed E-state index contributed by atoms with van der Waals surface area (Å²) in [6.07, 6.45) is 1.34. The Morgan fingerprint density at radius 2 is 1.56 bits per heavy atom. The van der Waals surface area contributed by atoms with Crippen molar-refractivity contribution in [2.24, 2.45) is 0 Å². The first kappa shape index (κ1) is 24.1. The fourth-order valence-corrected chi connectivity index (χ4v) is 3.37. The maximum Gasteiger partial charge on any atom is 0.287 e. The molecule has 0 spiro atoms. The number of hydrogen-bond acceptors (Lipinski definition) is 6. The van der Waals surface area contributed by atoms with Gasteiger partial charge < -0.3 is 15.1 Å². The van der Waals surface area contributed by atoms with Crippen LogP contribution in [0.5, 0.6) is 0 Å². The summed E-state index contributed by atoms with van der Waals surface area (Å²) in [5.41, 5.74) is 8.20. The molecule has 4 aromatic rings. The number of pyridine rings is 1. The predicted molar refractivity (Wildman–Crippen MR) is 132 cm³/mol. The molecule has 4 N–H and O–H groups in total. The van der Waals surface area contributed by atoms with Gasteiger partial charge in [-0.2, -0.15) is 0 Å². The van der Waals surface area contributed by atoms with Crippen molar-refractivity contribution in [1.82, 2.24) is 26.5 Å². The van der Waals surface area contributed by atoms with Gasteiger partial charge in [-0.3, -0.25) is 30.0 Å². The van der Waals surface area contributed by atoms with Crippen LogP contribution in [-0.4, -0.2) is 41.7 Å². The van der Waals surface area contributed by atoms with Gasteiger partial charge in [-0.1, -0.05) is 48.0 Å². The molecule has 0 saturated heterocycles. The molecule has 4 rings (SSSR count). The van der Waals surface area contributed by atoms with Gasteiger partial charge in [-0.15, -0.1) is 0 Å². The van der Waals surface area contributed by atoms with Crippen molar-refractivity contribution in [3.63, 3.8) is 0 Å². The fourth-order valence-electron chi connectivity index (χ4n) is 3.37. The third-order valence-electron chi connectivity index (χ3n) is 5.22. The van der Waals surface area contributed by atoms with E-state index in [1.165, 1.54) is 12.3 Å². The van der Waals surface area contributed by atoms with E-state index in [1.54, 1.807) is 24.3 Å². The predicted octanol–water partition coefficient (Wildman–Crippen LogP) is 2.11. The highest BCUT2D eigenvalue weighted by molar-refractivity contribution is 6.07. The lowest BCUT2D eigenvalue weighted by Gasteiger charge is -2.12. The highest BCUT2D eigenvalue weighted by Gasteiger charge is 2.15. The summed E-state index contributed by atoms with van der Waals surface area (Å²) < 4.78 is 4.93. The Kier molecular flexibility index (Phi) is 7.35. The van der Waals surface area contributed by atoms with Crippen molar-refractivity contribution < 1.29 is 23.6 Å². The maximum atomic E-state index is 12.9. The van der Waals surface area contributed by atoms with Gasteiger partial charge in [0.05, 0.1) is 36.1 Å². The smallest absolute Gasteiger partial charge is 0.287 e. The molecule has 10 nitrogen and oxygen atoms in total. The highest BCUT2D eigenvalue weighted by atomic mass is 16.3. The van der Waals surface area contributed by atoms with Crippen LogP contribution in [0.3, 0.4) is 0 Å². The molecule has 2 aromatic carbocycles. The van der Waals surface area contributed by atoms with Gasteiger partial charge in [-0.25, -0.2) is 4.98 Å². The lowest BCUT2D eigenvalue weighted by atomic mass is 10.0. The van der Waals surface area contributed by atoms with E-state index in [4.69, 9.17) is 4.42 Å². The van der Waals surface area contributed by atoms with Gasteiger partial charge in [0.25, 0.3) is 17.7 Å². The number of nitrogens with zero attached hydrogens (tertiary/aromatic N) is 1. The van der Waals surface area contributed by atoms with Crippen LogP contribution in [-0.2, 0) is 9.59 Å². The van der Waals surface area contributed by atoms with Crippen molar-refractivity contribution in [3.8, 4) is 11.3 Å². The number of para-hydroxylation sites is 1. The summed E-state index contributed by atoms with van der Waals surface area (Å²) in [7, 11) is 0. The monoisotopic (exact) mass is 485 g/mol. The van der Waals surface area contributed by atoms with Crippen molar-refractivity contribution >= 4 is 34.5 Å². The molecule has 0 saturated carbocycles. The van der Waals surface area contributed by atoms with Crippen LogP contribution >= 0.6 is 0 Å². The molecular weight excluding hydrogens is 462 g/mol. The van der Waals surface area contributed by atoms with Crippen LogP contribution in [0.15, 0.2) is 77.4 Å². The Hall–Kier alpha value is -4.99. The fraction of sp³-hybridized carbons (Fsp3) is 0.115. The Morgan fingerprint density at radius 3 is 2.31 bits per heavy atom. The lowest BCUT2D eigenvalue weighted by Crippen LogP contribution is -2.47. The van der Waals surface area contributed by atoms with Crippen molar-refractivity contribution in [1.29, 1.82) is 0 Å². The molecule has 36 heavy (non-hydrogen) atoms. The van der Waals surface area contributed by atoms with E-state index in [2.05, 4.69) is 26.5 Å². The zero-order valence-corrected chi connectivity index (χ0v) is 19.3. The number of carbonyl (C=O) groups is 4. The van der Waals surface area contributed by atoms with Gasteiger partial charge in [0.2, 0.25) is 5.91 Å². The topological polar surface area (TPSA) is 142 Å². The zero-order valence-electron chi connectivity index (χ0n) is 19.3. The minimum atomic E-state index is -0.647. The van der Waals surface area contributed by atoms with Crippen molar-refractivity contribution in [2.75, 3.05) is 13.1 Å². The summed E-state index contributed by atoms with van der Waals surface area (Å²) in [6.45, 7) is 1.24. The SMILES string of the molecule is Cc1ccc(-c2cc(C(=O)NNC(=O)CNC(=O)CNC(=O)c3ccco3)c3ccccc3n2)cc1. The third-order valence-corrected chi connectivity index (χ3v) is 5.22. The van der Waals surface area contributed by atoms with Crippen LogP contribution in [0.1, 0.15) is 26.5 Å². The first-order chi connectivity index (χ1) is 17.4. The van der Waals surface area contributed by atoms with Crippen LogP contribution in [0, 0.1) is 6.92 Å². The van der Waals surface area contributed by atoms with Crippen molar-refractivity contribution in [2.45, 2.75) is 6.92 Å². The number of benzene rings is 2. The molecule has 0 aliphatic rings. The zero-order chi connectivity index (χ0) is 25.5. The first-order valence-electron chi connectivity index (χ1n) is 11.0. The summed E-state index contributed by atoms with van der Waals surface area (Å²) in [6, 6.07) is 19.7. The number of furan rings is 1. The van der Waals surface area contributed by atoms with Gasteiger partial charge >= 0.3 is 0 Å². The van der Waals surface area contributed by atoms with Gasteiger partial charge in [0.1, 0.15) is 0 Å². The second kappa shape index (κ2) is 11.0. The standard InChI is InChI=1S/C26H23N5O5/c1-16-8-10-17(11-9-16)21-13-19(18-5-2-3-6-20(18)29-21)25(34)31-30-24(33)15-27-23(32)14-28-26(35)22-7-4-12-36-22/h2-13H,14-15H2,1H3,(H,27,32)(H,28,35)(H,30,33)(H,31,34). The van der Waals surface area contributed by atoms with Crippen LogP contribution in [0.2, 0.25) is 0 Å². The number of aromatic nitrogens is 1. The van der Waals surface area contributed by atoms with Crippen LogP contribution < -0.4 is 21.5 Å². The Balaban J connectivity index is 1.34. The molecule has 0 aliphatic heterocycles. The van der Waals surface area contributed by atoms with Crippen molar-refractivity contribution in [3.05, 3.63) is 89.9 Å².